The van der Waals surface area contributed by atoms with Gasteiger partial charge in [-0.05, 0) is 30.5 Å². The molecule has 2 aromatic carbocycles. The Hall–Kier alpha value is -1.74. The van der Waals surface area contributed by atoms with Gasteiger partial charge >= 0.3 is 0 Å². The number of rotatable bonds is 4. The summed E-state index contributed by atoms with van der Waals surface area (Å²) in [6, 6.07) is 11.9. The molecule has 0 fully saturated rings. The van der Waals surface area contributed by atoms with E-state index in [1.807, 2.05) is 37.3 Å². The van der Waals surface area contributed by atoms with E-state index in [-0.39, 0.29) is 5.56 Å². The van der Waals surface area contributed by atoms with Crippen molar-refractivity contribution in [2.75, 3.05) is 0 Å². The average molecular weight is 275 g/mol. The van der Waals surface area contributed by atoms with Crippen LogP contribution in [-0.2, 0) is 5.54 Å². The zero-order valence-electron chi connectivity index (χ0n) is 11.8. The molecular formula is C17H19F2N. The smallest absolute Gasteiger partial charge is 0.134 e. The molecule has 0 aromatic heterocycles. The highest BCUT2D eigenvalue weighted by molar-refractivity contribution is 5.41. The summed E-state index contributed by atoms with van der Waals surface area (Å²) in [4.78, 5) is 0. The molecule has 106 valence electrons. The van der Waals surface area contributed by atoms with Crippen LogP contribution >= 0.6 is 0 Å². The summed E-state index contributed by atoms with van der Waals surface area (Å²) >= 11 is 0. The molecule has 0 radical (unpaired) electrons. The van der Waals surface area contributed by atoms with Crippen LogP contribution in [0.25, 0.3) is 0 Å². The van der Waals surface area contributed by atoms with Crippen LogP contribution in [0, 0.1) is 18.6 Å². The molecule has 0 heterocycles. The SMILES string of the molecule is CCCC(N)(c1ccccc1)c1c(F)ccc(C)c1F. The van der Waals surface area contributed by atoms with Crippen LogP contribution in [0.2, 0.25) is 0 Å². The van der Waals surface area contributed by atoms with Crippen molar-refractivity contribution >= 4 is 0 Å². The van der Waals surface area contributed by atoms with E-state index in [4.69, 9.17) is 5.73 Å². The van der Waals surface area contributed by atoms with Gasteiger partial charge in [-0.15, -0.1) is 0 Å². The standard InChI is InChI=1S/C17H19F2N/c1-3-11-17(20,13-7-5-4-6-8-13)15-14(18)10-9-12(2)16(15)19/h4-10H,3,11,20H2,1-2H3. The molecule has 0 spiro atoms. The molecule has 2 rings (SSSR count). The Kier molecular flexibility index (Phi) is 4.19. The number of benzene rings is 2. The summed E-state index contributed by atoms with van der Waals surface area (Å²) in [5, 5.41) is 0. The Morgan fingerprint density at radius 3 is 2.30 bits per heavy atom. The van der Waals surface area contributed by atoms with Gasteiger partial charge < -0.3 is 5.73 Å². The van der Waals surface area contributed by atoms with Crippen molar-refractivity contribution in [1.82, 2.24) is 0 Å². The van der Waals surface area contributed by atoms with E-state index in [0.29, 0.717) is 12.0 Å². The van der Waals surface area contributed by atoms with Crippen molar-refractivity contribution in [3.63, 3.8) is 0 Å². The van der Waals surface area contributed by atoms with Gasteiger partial charge in [-0.1, -0.05) is 49.7 Å². The molecule has 0 aliphatic heterocycles. The fraction of sp³-hybridized carbons (Fsp3) is 0.294. The van der Waals surface area contributed by atoms with Crippen molar-refractivity contribution in [1.29, 1.82) is 0 Å². The van der Waals surface area contributed by atoms with Crippen LogP contribution in [0.3, 0.4) is 0 Å². The molecule has 0 aliphatic carbocycles. The van der Waals surface area contributed by atoms with Crippen molar-refractivity contribution in [3.05, 3.63) is 70.8 Å². The zero-order valence-corrected chi connectivity index (χ0v) is 11.8. The van der Waals surface area contributed by atoms with Crippen LogP contribution in [0.15, 0.2) is 42.5 Å². The topological polar surface area (TPSA) is 26.0 Å². The van der Waals surface area contributed by atoms with Gasteiger partial charge in [0, 0.05) is 5.56 Å². The minimum Gasteiger partial charge on any atom is -0.318 e. The lowest BCUT2D eigenvalue weighted by Gasteiger charge is -2.31. The molecule has 0 saturated carbocycles. The summed E-state index contributed by atoms with van der Waals surface area (Å²) < 4.78 is 28.7. The molecule has 1 unspecified atom stereocenters. The third-order valence-corrected chi connectivity index (χ3v) is 3.66. The molecule has 2 aromatic rings. The number of hydrogen-bond donors (Lipinski definition) is 1. The van der Waals surface area contributed by atoms with Gasteiger partial charge in [-0.2, -0.15) is 0 Å². The Bertz CT molecular complexity index is 595. The van der Waals surface area contributed by atoms with Crippen molar-refractivity contribution in [2.24, 2.45) is 5.73 Å². The number of halogens is 2. The Morgan fingerprint density at radius 2 is 1.70 bits per heavy atom. The van der Waals surface area contributed by atoms with E-state index in [1.54, 1.807) is 6.92 Å². The third-order valence-electron chi connectivity index (χ3n) is 3.66. The monoisotopic (exact) mass is 275 g/mol. The van der Waals surface area contributed by atoms with Crippen LogP contribution in [0.5, 0.6) is 0 Å². The first-order valence-corrected chi connectivity index (χ1v) is 6.80. The molecule has 0 aliphatic rings. The first-order valence-electron chi connectivity index (χ1n) is 6.80. The number of aryl methyl sites for hydroxylation is 1. The van der Waals surface area contributed by atoms with E-state index >= 15 is 0 Å². The van der Waals surface area contributed by atoms with Crippen LogP contribution in [0.1, 0.15) is 36.5 Å². The van der Waals surface area contributed by atoms with Gasteiger partial charge in [-0.3, -0.25) is 0 Å². The molecule has 20 heavy (non-hydrogen) atoms. The highest BCUT2D eigenvalue weighted by Crippen LogP contribution is 2.35. The zero-order chi connectivity index (χ0) is 14.8. The molecule has 0 amide bonds. The molecule has 1 nitrogen and oxygen atoms in total. The highest BCUT2D eigenvalue weighted by atomic mass is 19.1. The van der Waals surface area contributed by atoms with Crippen molar-refractivity contribution in [2.45, 2.75) is 32.2 Å². The largest absolute Gasteiger partial charge is 0.318 e. The van der Waals surface area contributed by atoms with E-state index in [2.05, 4.69) is 0 Å². The second-order valence-corrected chi connectivity index (χ2v) is 5.14. The van der Waals surface area contributed by atoms with E-state index in [0.717, 1.165) is 12.0 Å². The van der Waals surface area contributed by atoms with E-state index in [1.165, 1.54) is 12.1 Å². The van der Waals surface area contributed by atoms with Gasteiger partial charge in [-0.25, -0.2) is 8.78 Å². The Labute approximate surface area is 118 Å². The van der Waals surface area contributed by atoms with Crippen molar-refractivity contribution in [3.8, 4) is 0 Å². The van der Waals surface area contributed by atoms with Crippen LogP contribution in [0.4, 0.5) is 8.78 Å². The number of hydrogen-bond acceptors (Lipinski definition) is 1. The second kappa shape index (κ2) is 5.71. The molecular weight excluding hydrogens is 256 g/mol. The van der Waals surface area contributed by atoms with Gasteiger partial charge in [0.25, 0.3) is 0 Å². The minimum atomic E-state index is -1.14. The lowest BCUT2D eigenvalue weighted by molar-refractivity contribution is 0.423. The Morgan fingerprint density at radius 1 is 1.05 bits per heavy atom. The fourth-order valence-electron chi connectivity index (χ4n) is 2.61. The van der Waals surface area contributed by atoms with Gasteiger partial charge in [0.2, 0.25) is 0 Å². The van der Waals surface area contributed by atoms with Gasteiger partial charge in [0.15, 0.2) is 0 Å². The molecule has 3 heteroatoms. The predicted molar refractivity (Wildman–Crippen MR) is 77.4 cm³/mol. The molecule has 1 atom stereocenters. The predicted octanol–water partition coefficient (Wildman–Crippen LogP) is 4.28. The summed E-state index contributed by atoms with van der Waals surface area (Å²) in [6.07, 6.45) is 1.21. The maximum atomic E-state index is 14.4. The van der Waals surface area contributed by atoms with Crippen molar-refractivity contribution < 1.29 is 8.78 Å². The minimum absolute atomic E-state index is 0.0365. The highest BCUT2D eigenvalue weighted by Gasteiger charge is 2.34. The summed E-state index contributed by atoms with van der Waals surface area (Å²) in [6.45, 7) is 3.58. The fourth-order valence-corrected chi connectivity index (χ4v) is 2.61. The molecule has 0 saturated heterocycles. The van der Waals surface area contributed by atoms with Crippen LogP contribution in [-0.4, -0.2) is 0 Å². The molecule has 0 bridgehead atoms. The summed E-state index contributed by atoms with van der Waals surface area (Å²) in [5.74, 6) is -1.14. The molecule has 2 N–H and O–H groups in total. The summed E-state index contributed by atoms with van der Waals surface area (Å²) in [5.41, 5.74) is 6.40. The average Bonchev–Trinajstić information content (AvgIpc) is 2.44. The van der Waals surface area contributed by atoms with E-state index < -0.39 is 17.2 Å². The first kappa shape index (κ1) is 14.7. The quantitative estimate of drug-likeness (QED) is 0.885. The third kappa shape index (κ3) is 2.46. The van der Waals surface area contributed by atoms with Gasteiger partial charge in [0.05, 0.1) is 5.54 Å². The Balaban J connectivity index is 2.69. The summed E-state index contributed by atoms with van der Waals surface area (Å²) in [7, 11) is 0. The second-order valence-electron chi connectivity index (χ2n) is 5.14. The first-order chi connectivity index (χ1) is 9.50. The maximum Gasteiger partial charge on any atom is 0.134 e. The van der Waals surface area contributed by atoms with Gasteiger partial charge in [0.1, 0.15) is 11.6 Å². The number of nitrogens with two attached hydrogens (primary N) is 1. The lowest BCUT2D eigenvalue weighted by atomic mass is 9.79. The normalized spacial score (nSPS) is 14.1. The maximum absolute atomic E-state index is 14.4. The van der Waals surface area contributed by atoms with E-state index in [9.17, 15) is 8.78 Å². The lowest BCUT2D eigenvalue weighted by Crippen LogP contribution is -2.40. The van der Waals surface area contributed by atoms with Crippen LogP contribution < -0.4 is 5.73 Å².